The van der Waals surface area contributed by atoms with Gasteiger partial charge >= 0.3 is 0 Å². The summed E-state index contributed by atoms with van der Waals surface area (Å²) in [5, 5.41) is 7.08. The largest absolute Gasteiger partial charge is 0.324 e. The summed E-state index contributed by atoms with van der Waals surface area (Å²) in [5.74, 6) is -0.320. The number of benzene rings is 1. The molecule has 0 bridgehead atoms. The minimum absolute atomic E-state index is 0.153. The second-order valence-electron chi connectivity index (χ2n) is 5.82. The zero-order valence-electron chi connectivity index (χ0n) is 14.1. The van der Waals surface area contributed by atoms with Gasteiger partial charge in [0.1, 0.15) is 6.54 Å². The molecule has 0 aliphatic rings. The number of rotatable bonds is 4. The average molecular weight is 334 g/mol. The van der Waals surface area contributed by atoms with Crippen LogP contribution in [0.1, 0.15) is 11.1 Å². The predicted octanol–water partition coefficient (Wildman–Crippen LogP) is 2.56. The Labute approximate surface area is 145 Å². The van der Waals surface area contributed by atoms with E-state index in [9.17, 15) is 9.59 Å². The summed E-state index contributed by atoms with van der Waals surface area (Å²) in [4.78, 5) is 28.1. The standard InChI is InChI=1S/C19H18N4O2/c1-13-3-4-14(2)16(11-13)17-5-6-19(25)23(22-17)12-18(24)21-15-7-9-20-10-8-15/h3-11H,12H2,1-2H3,(H,20,21,24). The molecule has 3 aromatic rings. The van der Waals surface area contributed by atoms with E-state index in [0.29, 0.717) is 11.4 Å². The van der Waals surface area contributed by atoms with Gasteiger partial charge in [0.05, 0.1) is 5.69 Å². The van der Waals surface area contributed by atoms with E-state index in [2.05, 4.69) is 15.4 Å². The summed E-state index contributed by atoms with van der Waals surface area (Å²) < 4.78 is 1.17. The van der Waals surface area contributed by atoms with Crippen LogP contribution in [0, 0.1) is 13.8 Å². The lowest BCUT2D eigenvalue weighted by Crippen LogP contribution is -2.29. The van der Waals surface area contributed by atoms with Gasteiger partial charge in [0.15, 0.2) is 0 Å². The normalized spacial score (nSPS) is 10.5. The minimum atomic E-state index is -0.320. The van der Waals surface area contributed by atoms with Crippen LogP contribution in [-0.2, 0) is 11.3 Å². The number of anilines is 1. The Hall–Kier alpha value is -3.28. The lowest BCUT2D eigenvalue weighted by Gasteiger charge is -2.10. The number of carbonyl (C=O) groups is 1. The summed E-state index contributed by atoms with van der Waals surface area (Å²) in [6.45, 7) is 3.84. The highest BCUT2D eigenvalue weighted by molar-refractivity contribution is 5.90. The topological polar surface area (TPSA) is 76.9 Å². The predicted molar refractivity (Wildman–Crippen MR) is 96.3 cm³/mol. The first-order valence-corrected chi connectivity index (χ1v) is 7.88. The van der Waals surface area contributed by atoms with Crippen molar-refractivity contribution in [3.05, 3.63) is 76.3 Å². The maximum atomic E-state index is 12.2. The molecule has 0 aliphatic carbocycles. The van der Waals surface area contributed by atoms with Crippen molar-refractivity contribution in [2.75, 3.05) is 5.32 Å². The summed E-state index contributed by atoms with van der Waals surface area (Å²) in [5.41, 5.74) is 4.08. The van der Waals surface area contributed by atoms with Gasteiger partial charge < -0.3 is 5.32 Å². The first-order valence-electron chi connectivity index (χ1n) is 7.88. The van der Waals surface area contributed by atoms with Gasteiger partial charge in [0, 0.05) is 29.7 Å². The molecule has 0 radical (unpaired) electrons. The van der Waals surface area contributed by atoms with Crippen molar-refractivity contribution >= 4 is 11.6 Å². The van der Waals surface area contributed by atoms with Crippen LogP contribution in [0.5, 0.6) is 0 Å². The molecule has 1 aromatic carbocycles. The second-order valence-corrected chi connectivity index (χ2v) is 5.82. The molecule has 0 fully saturated rings. The van der Waals surface area contributed by atoms with E-state index >= 15 is 0 Å². The number of carbonyl (C=O) groups excluding carboxylic acids is 1. The Morgan fingerprint density at radius 3 is 2.60 bits per heavy atom. The number of aryl methyl sites for hydroxylation is 2. The fraction of sp³-hybridized carbons (Fsp3) is 0.158. The number of amides is 1. The zero-order valence-corrected chi connectivity index (χ0v) is 14.1. The van der Waals surface area contributed by atoms with Crippen molar-refractivity contribution < 1.29 is 4.79 Å². The zero-order chi connectivity index (χ0) is 17.8. The van der Waals surface area contributed by atoms with E-state index in [4.69, 9.17) is 0 Å². The van der Waals surface area contributed by atoms with Gasteiger partial charge in [-0.3, -0.25) is 14.6 Å². The Morgan fingerprint density at radius 2 is 1.84 bits per heavy atom. The van der Waals surface area contributed by atoms with Gasteiger partial charge in [-0.2, -0.15) is 5.10 Å². The smallest absolute Gasteiger partial charge is 0.267 e. The molecule has 2 aromatic heterocycles. The fourth-order valence-electron chi connectivity index (χ4n) is 2.49. The monoisotopic (exact) mass is 334 g/mol. The maximum Gasteiger partial charge on any atom is 0.267 e. The molecule has 126 valence electrons. The molecule has 0 aliphatic heterocycles. The molecule has 3 rings (SSSR count). The molecular weight excluding hydrogens is 316 g/mol. The van der Waals surface area contributed by atoms with Gasteiger partial charge in [-0.15, -0.1) is 0 Å². The Bertz CT molecular complexity index is 965. The quantitative estimate of drug-likeness (QED) is 0.795. The van der Waals surface area contributed by atoms with Crippen LogP contribution < -0.4 is 10.9 Å². The van der Waals surface area contributed by atoms with Crippen LogP contribution >= 0.6 is 0 Å². The molecule has 1 amide bonds. The molecule has 6 nitrogen and oxygen atoms in total. The minimum Gasteiger partial charge on any atom is -0.324 e. The molecule has 0 saturated heterocycles. The molecule has 1 N–H and O–H groups in total. The first-order chi connectivity index (χ1) is 12.0. The lowest BCUT2D eigenvalue weighted by atomic mass is 10.0. The highest BCUT2D eigenvalue weighted by atomic mass is 16.2. The number of nitrogens with one attached hydrogen (secondary N) is 1. The van der Waals surface area contributed by atoms with Crippen LogP contribution in [0.15, 0.2) is 59.7 Å². The fourth-order valence-corrected chi connectivity index (χ4v) is 2.49. The second kappa shape index (κ2) is 7.09. The average Bonchev–Trinajstić information content (AvgIpc) is 2.60. The number of pyridine rings is 1. The van der Waals surface area contributed by atoms with Crippen molar-refractivity contribution in [2.45, 2.75) is 20.4 Å². The van der Waals surface area contributed by atoms with Crippen molar-refractivity contribution in [1.82, 2.24) is 14.8 Å². The molecule has 6 heteroatoms. The number of nitrogens with zero attached hydrogens (tertiary/aromatic N) is 3. The third-order valence-electron chi connectivity index (χ3n) is 3.79. The van der Waals surface area contributed by atoms with Crippen LogP contribution in [-0.4, -0.2) is 20.7 Å². The summed E-state index contributed by atoms with van der Waals surface area (Å²) in [6.07, 6.45) is 3.17. The van der Waals surface area contributed by atoms with Gasteiger partial charge in [-0.1, -0.05) is 17.7 Å². The first kappa shape index (κ1) is 16.6. The van der Waals surface area contributed by atoms with Gasteiger partial charge in [-0.05, 0) is 43.7 Å². The third-order valence-corrected chi connectivity index (χ3v) is 3.79. The Balaban J connectivity index is 1.86. The van der Waals surface area contributed by atoms with Crippen molar-refractivity contribution in [2.24, 2.45) is 0 Å². The van der Waals surface area contributed by atoms with E-state index in [-0.39, 0.29) is 18.0 Å². The molecule has 0 saturated carbocycles. The number of hydrogen-bond acceptors (Lipinski definition) is 4. The van der Waals surface area contributed by atoms with Crippen LogP contribution in [0.2, 0.25) is 0 Å². The number of hydrogen-bond donors (Lipinski definition) is 1. The van der Waals surface area contributed by atoms with Crippen molar-refractivity contribution in [3.63, 3.8) is 0 Å². The summed E-state index contributed by atoms with van der Waals surface area (Å²) >= 11 is 0. The summed E-state index contributed by atoms with van der Waals surface area (Å²) in [7, 11) is 0. The lowest BCUT2D eigenvalue weighted by molar-refractivity contribution is -0.117. The van der Waals surface area contributed by atoms with Crippen molar-refractivity contribution in [3.8, 4) is 11.3 Å². The molecule has 2 heterocycles. The van der Waals surface area contributed by atoms with Crippen molar-refractivity contribution in [1.29, 1.82) is 0 Å². The summed E-state index contributed by atoms with van der Waals surface area (Å²) in [6, 6.07) is 12.5. The third kappa shape index (κ3) is 3.98. The van der Waals surface area contributed by atoms with Gasteiger partial charge in [0.2, 0.25) is 5.91 Å². The van der Waals surface area contributed by atoms with E-state index in [1.54, 1.807) is 30.6 Å². The molecule has 0 atom stereocenters. The van der Waals surface area contributed by atoms with Gasteiger partial charge in [-0.25, -0.2) is 4.68 Å². The molecule has 0 spiro atoms. The van der Waals surface area contributed by atoms with Crippen LogP contribution in [0.3, 0.4) is 0 Å². The number of aromatic nitrogens is 3. The van der Waals surface area contributed by atoms with E-state index in [1.165, 1.54) is 10.7 Å². The Kier molecular flexibility index (Phi) is 4.70. The van der Waals surface area contributed by atoms with E-state index in [0.717, 1.165) is 16.7 Å². The van der Waals surface area contributed by atoms with Gasteiger partial charge in [0.25, 0.3) is 5.56 Å². The molecule has 0 unspecified atom stereocenters. The highest BCUT2D eigenvalue weighted by Gasteiger charge is 2.10. The molecule has 25 heavy (non-hydrogen) atoms. The van der Waals surface area contributed by atoms with Crippen LogP contribution in [0.25, 0.3) is 11.3 Å². The van der Waals surface area contributed by atoms with Crippen LogP contribution in [0.4, 0.5) is 5.69 Å². The molecular formula is C19H18N4O2. The maximum absolute atomic E-state index is 12.2. The SMILES string of the molecule is Cc1ccc(C)c(-c2ccc(=O)n(CC(=O)Nc3ccncc3)n2)c1. The van der Waals surface area contributed by atoms with E-state index in [1.807, 2.05) is 32.0 Å². The van der Waals surface area contributed by atoms with E-state index < -0.39 is 0 Å². The highest BCUT2D eigenvalue weighted by Crippen LogP contribution is 2.21. The Morgan fingerprint density at radius 1 is 1.08 bits per heavy atom.